The average molecular weight is 267 g/mol. The van der Waals surface area contributed by atoms with Gasteiger partial charge < -0.3 is 5.32 Å². The Kier molecular flexibility index (Phi) is 3.72. The molecule has 1 aliphatic rings. The number of aromatic nitrogens is 2. The number of nitrogens with one attached hydrogen (secondary N) is 1. The van der Waals surface area contributed by atoms with E-state index in [9.17, 15) is 4.79 Å². The molecule has 0 saturated heterocycles. The smallest absolute Gasteiger partial charge is 0.224 e. The highest BCUT2D eigenvalue weighted by molar-refractivity contribution is 5.90. The first-order valence-electron chi connectivity index (χ1n) is 6.98. The fourth-order valence-electron chi connectivity index (χ4n) is 2.57. The minimum Gasteiger partial charge on any atom is -0.326 e. The van der Waals surface area contributed by atoms with Gasteiger partial charge in [-0.3, -0.25) is 14.8 Å². The van der Waals surface area contributed by atoms with Crippen LogP contribution in [0.1, 0.15) is 29.7 Å². The first kappa shape index (κ1) is 12.8. The molecule has 4 heteroatoms. The lowest BCUT2D eigenvalue weighted by Gasteiger charge is -2.07. The third kappa shape index (κ3) is 3.02. The largest absolute Gasteiger partial charge is 0.326 e. The van der Waals surface area contributed by atoms with E-state index in [0.717, 1.165) is 24.2 Å². The van der Waals surface area contributed by atoms with Crippen molar-refractivity contribution in [3.05, 3.63) is 53.6 Å². The lowest BCUT2D eigenvalue weighted by atomic mass is 10.1. The summed E-state index contributed by atoms with van der Waals surface area (Å²) in [6.07, 6.45) is 9.53. The lowest BCUT2D eigenvalue weighted by molar-refractivity contribution is -0.116. The molecule has 1 aromatic heterocycles. The van der Waals surface area contributed by atoms with Crippen LogP contribution in [0.25, 0.3) is 0 Å². The number of rotatable bonds is 4. The van der Waals surface area contributed by atoms with Crippen molar-refractivity contribution in [2.75, 3.05) is 5.32 Å². The molecule has 1 amide bonds. The Morgan fingerprint density at radius 1 is 1.20 bits per heavy atom. The van der Waals surface area contributed by atoms with E-state index in [0.29, 0.717) is 12.8 Å². The molecule has 0 saturated carbocycles. The number of amides is 1. The molecule has 0 radical (unpaired) electrons. The Morgan fingerprint density at radius 2 is 2.10 bits per heavy atom. The Labute approximate surface area is 118 Å². The van der Waals surface area contributed by atoms with Crippen molar-refractivity contribution in [3.8, 4) is 0 Å². The quantitative estimate of drug-likeness (QED) is 0.926. The number of anilines is 1. The van der Waals surface area contributed by atoms with Gasteiger partial charge in [0.2, 0.25) is 5.91 Å². The molecule has 1 aliphatic carbocycles. The van der Waals surface area contributed by atoms with Gasteiger partial charge in [0.25, 0.3) is 0 Å². The maximum Gasteiger partial charge on any atom is 0.224 e. The average Bonchev–Trinajstić information content (AvgIpc) is 2.94. The lowest BCUT2D eigenvalue weighted by Crippen LogP contribution is -2.13. The molecule has 3 rings (SSSR count). The van der Waals surface area contributed by atoms with E-state index >= 15 is 0 Å². The summed E-state index contributed by atoms with van der Waals surface area (Å²) in [5, 5.41) is 2.95. The van der Waals surface area contributed by atoms with E-state index in [4.69, 9.17) is 0 Å². The van der Waals surface area contributed by atoms with E-state index in [1.165, 1.54) is 17.5 Å². The second-order valence-corrected chi connectivity index (χ2v) is 5.08. The van der Waals surface area contributed by atoms with Crippen LogP contribution in [0.3, 0.4) is 0 Å². The summed E-state index contributed by atoms with van der Waals surface area (Å²) in [6.45, 7) is 0. The van der Waals surface area contributed by atoms with Crippen LogP contribution in [-0.4, -0.2) is 15.9 Å². The van der Waals surface area contributed by atoms with Crippen molar-refractivity contribution < 1.29 is 4.79 Å². The van der Waals surface area contributed by atoms with Crippen LogP contribution in [0.2, 0.25) is 0 Å². The summed E-state index contributed by atoms with van der Waals surface area (Å²) >= 11 is 0. The van der Waals surface area contributed by atoms with Crippen LogP contribution in [0.5, 0.6) is 0 Å². The molecule has 4 nitrogen and oxygen atoms in total. The second-order valence-electron chi connectivity index (χ2n) is 5.08. The highest BCUT2D eigenvalue weighted by Crippen LogP contribution is 2.24. The molecule has 0 bridgehead atoms. The number of nitrogens with zero attached hydrogens (tertiary/aromatic N) is 2. The molecule has 0 fully saturated rings. The number of hydrogen-bond donors (Lipinski definition) is 1. The van der Waals surface area contributed by atoms with Gasteiger partial charge in [-0.15, -0.1) is 0 Å². The first-order valence-corrected chi connectivity index (χ1v) is 6.98. The summed E-state index contributed by atoms with van der Waals surface area (Å²) in [5.74, 6) is 0.0219. The summed E-state index contributed by atoms with van der Waals surface area (Å²) < 4.78 is 0. The molecule has 102 valence electrons. The molecule has 1 aromatic carbocycles. The minimum atomic E-state index is 0.0219. The Morgan fingerprint density at radius 3 is 2.95 bits per heavy atom. The van der Waals surface area contributed by atoms with Crippen LogP contribution in [0, 0.1) is 0 Å². The van der Waals surface area contributed by atoms with E-state index in [-0.39, 0.29) is 5.91 Å². The first-order chi connectivity index (χ1) is 9.81. The number of benzene rings is 1. The molecule has 1 heterocycles. The van der Waals surface area contributed by atoms with Crippen molar-refractivity contribution in [1.29, 1.82) is 0 Å². The molecule has 20 heavy (non-hydrogen) atoms. The zero-order valence-corrected chi connectivity index (χ0v) is 11.3. The predicted molar refractivity (Wildman–Crippen MR) is 77.4 cm³/mol. The van der Waals surface area contributed by atoms with E-state index in [1.54, 1.807) is 18.6 Å². The van der Waals surface area contributed by atoms with Gasteiger partial charge in [-0.1, -0.05) is 6.07 Å². The number of hydrogen-bond acceptors (Lipinski definition) is 3. The molecular weight excluding hydrogens is 250 g/mol. The van der Waals surface area contributed by atoms with E-state index in [1.807, 2.05) is 6.07 Å². The summed E-state index contributed by atoms with van der Waals surface area (Å²) in [7, 11) is 0. The Bertz CT molecular complexity index is 610. The zero-order chi connectivity index (χ0) is 13.8. The van der Waals surface area contributed by atoms with Crippen molar-refractivity contribution in [3.63, 3.8) is 0 Å². The van der Waals surface area contributed by atoms with E-state index in [2.05, 4.69) is 27.4 Å². The topological polar surface area (TPSA) is 54.9 Å². The SMILES string of the molecule is O=C(CCc1cnccn1)Nc1ccc2c(c1)CCC2. The summed E-state index contributed by atoms with van der Waals surface area (Å²) in [4.78, 5) is 20.1. The molecule has 1 N–H and O–H groups in total. The highest BCUT2D eigenvalue weighted by Gasteiger charge is 2.11. The molecule has 0 unspecified atom stereocenters. The maximum atomic E-state index is 11.9. The van der Waals surface area contributed by atoms with Gasteiger partial charge in [0.1, 0.15) is 0 Å². The predicted octanol–water partition coefficient (Wildman–Crippen LogP) is 2.54. The molecule has 0 atom stereocenters. The van der Waals surface area contributed by atoms with Gasteiger partial charge in [-0.05, 0) is 48.9 Å². The van der Waals surface area contributed by atoms with Crippen LogP contribution in [-0.2, 0) is 24.1 Å². The van der Waals surface area contributed by atoms with Gasteiger partial charge in [0, 0.05) is 30.7 Å². The van der Waals surface area contributed by atoms with Gasteiger partial charge in [-0.2, -0.15) is 0 Å². The van der Waals surface area contributed by atoms with Crippen molar-refractivity contribution in [2.24, 2.45) is 0 Å². The summed E-state index contributed by atoms with van der Waals surface area (Å²) in [6, 6.07) is 6.22. The maximum absolute atomic E-state index is 11.9. The number of fused-ring (bicyclic) bond motifs is 1. The third-order valence-electron chi connectivity index (χ3n) is 3.61. The van der Waals surface area contributed by atoms with Crippen LogP contribution >= 0.6 is 0 Å². The van der Waals surface area contributed by atoms with Crippen molar-refractivity contribution in [2.45, 2.75) is 32.1 Å². The van der Waals surface area contributed by atoms with E-state index < -0.39 is 0 Å². The Hall–Kier alpha value is -2.23. The standard InChI is InChI=1S/C16H17N3O/c20-16(7-6-15-11-17-8-9-18-15)19-14-5-4-12-2-1-3-13(12)10-14/h4-5,8-11H,1-3,6-7H2,(H,19,20). The van der Waals surface area contributed by atoms with Gasteiger partial charge in [0.05, 0.1) is 5.69 Å². The molecule has 0 aliphatic heterocycles. The van der Waals surface area contributed by atoms with Crippen LogP contribution in [0.4, 0.5) is 5.69 Å². The minimum absolute atomic E-state index is 0.0219. The molecule has 0 spiro atoms. The number of carbonyl (C=O) groups is 1. The molecule has 2 aromatic rings. The Balaban J connectivity index is 1.56. The van der Waals surface area contributed by atoms with Crippen molar-refractivity contribution in [1.82, 2.24) is 9.97 Å². The highest BCUT2D eigenvalue weighted by atomic mass is 16.1. The van der Waals surface area contributed by atoms with Gasteiger partial charge >= 0.3 is 0 Å². The normalized spacial score (nSPS) is 13.0. The second kappa shape index (κ2) is 5.82. The third-order valence-corrected chi connectivity index (χ3v) is 3.61. The van der Waals surface area contributed by atoms with Gasteiger partial charge in [-0.25, -0.2) is 0 Å². The monoisotopic (exact) mass is 267 g/mol. The molecular formula is C16H17N3O. The van der Waals surface area contributed by atoms with Crippen LogP contribution < -0.4 is 5.32 Å². The fourth-order valence-corrected chi connectivity index (χ4v) is 2.57. The zero-order valence-electron chi connectivity index (χ0n) is 11.3. The summed E-state index contributed by atoms with van der Waals surface area (Å²) in [5.41, 5.74) is 4.53. The number of carbonyl (C=O) groups excluding carboxylic acids is 1. The number of aryl methyl sites for hydroxylation is 3. The van der Waals surface area contributed by atoms with Crippen molar-refractivity contribution >= 4 is 11.6 Å². The fraction of sp³-hybridized carbons (Fsp3) is 0.312. The van der Waals surface area contributed by atoms with Crippen LogP contribution in [0.15, 0.2) is 36.8 Å². The van der Waals surface area contributed by atoms with Gasteiger partial charge in [0.15, 0.2) is 0 Å².